The fraction of sp³-hybridized carbons (Fsp3) is 0.536. The zero-order valence-electron chi connectivity index (χ0n) is 20.9. The van der Waals surface area contributed by atoms with Crippen LogP contribution in [-0.4, -0.2) is 66.6 Å². The van der Waals surface area contributed by atoms with Gasteiger partial charge in [0, 0.05) is 50.0 Å². The molecule has 1 saturated carbocycles. The summed E-state index contributed by atoms with van der Waals surface area (Å²) in [6, 6.07) is 5.89. The first-order valence-electron chi connectivity index (χ1n) is 13.0. The van der Waals surface area contributed by atoms with Gasteiger partial charge in [-0.1, -0.05) is 24.0 Å². The van der Waals surface area contributed by atoms with Crippen molar-refractivity contribution < 1.29 is 18.8 Å². The lowest BCUT2D eigenvalue weighted by atomic mass is 10.1. The molecule has 4 rings (SSSR count). The van der Waals surface area contributed by atoms with Crippen LogP contribution >= 0.6 is 0 Å². The minimum atomic E-state index is -1.05. The van der Waals surface area contributed by atoms with Gasteiger partial charge in [-0.05, 0) is 61.8 Å². The van der Waals surface area contributed by atoms with Gasteiger partial charge in [0.05, 0.1) is 6.04 Å². The molecule has 0 spiro atoms. The normalized spacial score (nSPS) is 24.4. The first kappa shape index (κ1) is 26.7. The summed E-state index contributed by atoms with van der Waals surface area (Å²) < 4.78 is 13.5. The van der Waals surface area contributed by atoms with E-state index < -0.39 is 18.3 Å². The van der Waals surface area contributed by atoms with Gasteiger partial charge in [-0.25, -0.2) is 4.39 Å². The van der Waals surface area contributed by atoms with Gasteiger partial charge >= 0.3 is 0 Å². The van der Waals surface area contributed by atoms with E-state index in [1.54, 1.807) is 0 Å². The molecule has 0 aromatic heterocycles. The number of alkyl halides is 1. The molecule has 0 radical (unpaired) electrons. The highest BCUT2D eigenvalue weighted by molar-refractivity contribution is 5.89. The Balaban J connectivity index is 1.32. The monoisotopic (exact) mass is 507 g/mol. The van der Waals surface area contributed by atoms with E-state index >= 15 is 0 Å². The minimum Gasteiger partial charge on any atom is -0.350 e. The Labute approximate surface area is 217 Å². The predicted molar refractivity (Wildman–Crippen MR) is 137 cm³/mol. The molecule has 2 heterocycles. The van der Waals surface area contributed by atoms with E-state index in [9.17, 15) is 18.8 Å². The molecule has 0 unspecified atom stereocenters. The zero-order valence-corrected chi connectivity index (χ0v) is 20.9. The van der Waals surface area contributed by atoms with Crippen LogP contribution in [0.25, 0.3) is 0 Å². The molecular weight excluding hydrogens is 473 g/mol. The highest BCUT2D eigenvalue weighted by atomic mass is 19.1. The van der Waals surface area contributed by atoms with Crippen LogP contribution in [0.15, 0.2) is 24.3 Å². The number of amides is 3. The van der Waals surface area contributed by atoms with Crippen molar-refractivity contribution in [1.29, 1.82) is 0 Å². The lowest BCUT2D eigenvalue weighted by molar-refractivity contribution is -0.138. The first-order chi connectivity index (χ1) is 17.9. The van der Waals surface area contributed by atoms with Crippen molar-refractivity contribution in [3.05, 3.63) is 35.4 Å². The number of halogens is 1. The smallest absolute Gasteiger partial charge is 0.243 e. The maximum atomic E-state index is 13.5. The topological polar surface area (TPSA) is 117 Å². The van der Waals surface area contributed by atoms with Gasteiger partial charge in [-0.2, -0.15) is 0 Å². The number of nitrogens with one attached hydrogen (secondary N) is 3. The number of carbonyl (C=O) groups is 3. The van der Waals surface area contributed by atoms with Gasteiger partial charge in [0.2, 0.25) is 17.7 Å². The van der Waals surface area contributed by atoms with Crippen molar-refractivity contribution >= 4 is 17.7 Å². The van der Waals surface area contributed by atoms with Crippen LogP contribution in [-0.2, 0) is 20.9 Å². The van der Waals surface area contributed by atoms with Gasteiger partial charge in [0.1, 0.15) is 12.2 Å². The van der Waals surface area contributed by atoms with Crippen LogP contribution in [0.3, 0.4) is 0 Å². The molecule has 9 heteroatoms. The Morgan fingerprint density at radius 1 is 1.11 bits per heavy atom. The van der Waals surface area contributed by atoms with Crippen molar-refractivity contribution in [2.24, 2.45) is 11.7 Å². The molecule has 1 aromatic carbocycles. The largest absolute Gasteiger partial charge is 0.350 e. The fourth-order valence-electron chi connectivity index (χ4n) is 4.54. The SMILES string of the molecule is NCCCC(=O)N1C[C@H](NC(=O)[C@@H]2C[C@H](F)CN2)C[C@@H]1C(=O)NCc1ccc(C#CC#CC2CC2)cc1. The molecule has 3 aliphatic rings. The van der Waals surface area contributed by atoms with Gasteiger partial charge in [-0.3, -0.25) is 14.4 Å². The van der Waals surface area contributed by atoms with E-state index in [2.05, 4.69) is 39.6 Å². The standard InChI is InChI=1S/C28H34FN5O3/c29-22-14-24(31-17-22)27(36)33-23-15-25(34(18-23)26(35)6-3-13-30)28(37)32-16-21-11-9-20(10-12-21)5-2-1-4-19-7-8-19/h9-12,19,22-25,31H,3,6-8,13-18,30H2,(H,32,37)(H,33,36)/t22-,23+,24-,25+/m0/s1. The Hall–Kier alpha value is -3.40. The molecule has 8 nitrogen and oxygen atoms in total. The highest BCUT2D eigenvalue weighted by Gasteiger charge is 2.41. The number of hydrogen-bond acceptors (Lipinski definition) is 5. The number of rotatable bonds is 8. The molecular formula is C28H34FN5O3. The van der Waals surface area contributed by atoms with Crippen LogP contribution < -0.4 is 21.7 Å². The van der Waals surface area contributed by atoms with Gasteiger partial charge in [0.25, 0.3) is 0 Å². The lowest BCUT2D eigenvalue weighted by Crippen LogP contribution is -2.46. The van der Waals surface area contributed by atoms with Gasteiger partial charge in [0.15, 0.2) is 0 Å². The third kappa shape index (κ3) is 7.79. The third-order valence-electron chi connectivity index (χ3n) is 6.80. The van der Waals surface area contributed by atoms with Crippen molar-refractivity contribution in [3.8, 4) is 23.7 Å². The summed E-state index contributed by atoms with van der Waals surface area (Å²) in [7, 11) is 0. The van der Waals surface area contributed by atoms with Crippen LogP contribution in [0.1, 0.15) is 49.7 Å². The summed E-state index contributed by atoms with van der Waals surface area (Å²) >= 11 is 0. The highest BCUT2D eigenvalue weighted by Crippen LogP contribution is 2.27. The molecule has 1 aromatic rings. The molecule has 2 aliphatic heterocycles. The summed E-state index contributed by atoms with van der Waals surface area (Å²) in [5.74, 6) is 11.6. The van der Waals surface area contributed by atoms with Crippen molar-refractivity contribution in [2.75, 3.05) is 19.6 Å². The number of benzene rings is 1. The molecule has 4 atom stereocenters. The Morgan fingerprint density at radius 2 is 1.89 bits per heavy atom. The molecule has 5 N–H and O–H groups in total. The maximum Gasteiger partial charge on any atom is 0.243 e. The second-order valence-electron chi connectivity index (χ2n) is 9.90. The minimum absolute atomic E-state index is 0.125. The van der Waals surface area contributed by atoms with Crippen molar-refractivity contribution in [2.45, 2.75) is 69.4 Å². The number of nitrogens with zero attached hydrogens (tertiary/aromatic N) is 1. The Bertz CT molecular complexity index is 1110. The summed E-state index contributed by atoms with van der Waals surface area (Å²) in [6.07, 6.45) is 2.48. The average Bonchev–Trinajstić information content (AvgIpc) is 3.46. The number of likely N-dealkylation sites (tertiary alicyclic amines) is 1. The van der Waals surface area contributed by atoms with E-state index in [0.29, 0.717) is 31.8 Å². The second-order valence-corrected chi connectivity index (χ2v) is 9.90. The third-order valence-corrected chi connectivity index (χ3v) is 6.80. The Morgan fingerprint density at radius 3 is 2.57 bits per heavy atom. The molecule has 196 valence electrons. The number of carbonyl (C=O) groups excluding carboxylic acids is 3. The van der Waals surface area contributed by atoms with E-state index in [0.717, 1.165) is 11.1 Å². The molecule has 3 amide bonds. The molecule has 1 aliphatic carbocycles. The van der Waals surface area contributed by atoms with Crippen LogP contribution in [0.5, 0.6) is 0 Å². The van der Waals surface area contributed by atoms with E-state index in [4.69, 9.17) is 5.73 Å². The summed E-state index contributed by atoms with van der Waals surface area (Å²) in [5.41, 5.74) is 7.31. The average molecular weight is 508 g/mol. The molecule has 3 fully saturated rings. The Kier molecular flexibility index (Phi) is 9.16. The van der Waals surface area contributed by atoms with Gasteiger partial charge < -0.3 is 26.6 Å². The molecule has 37 heavy (non-hydrogen) atoms. The molecule has 0 bridgehead atoms. The second kappa shape index (κ2) is 12.7. The zero-order chi connectivity index (χ0) is 26.2. The van der Waals surface area contributed by atoms with Crippen LogP contribution in [0.2, 0.25) is 0 Å². The van der Waals surface area contributed by atoms with E-state index in [1.807, 2.05) is 24.3 Å². The van der Waals surface area contributed by atoms with Gasteiger partial charge in [-0.15, -0.1) is 0 Å². The van der Waals surface area contributed by atoms with Crippen molar-refractivity contribution in [1.82, 2.24) is 20.9 Å². The lowest BCUT2D eigenvalue weighted by Gasteiger charge is -2.24. The maximum absolute atomic E-state index is 13.5. The quantitative estimate of drug-likeness (QED) is 0.385. The number of nitrogens with two attached hydrogens (primary N) is 1. The van der Waals surface area contributed by atoms with E-state index in [-0.39, 0.29) is 49.7 Å². The van der Waals surface area contributed by atoms with Crippen LogP contribution in [0, 0.1) is 29.6 Å². The molecule has 2 saturated heterocycles. The summed E-state index contributed by atoms with van der Waals surface area (Å²) in [5, 5.41) is 8.67. The van der Waals surface area contributed by atoms with Crippen LogP contribution in [0.4, 0.5) is 4.39 Å². The number of hydrogen-bond donors (Lipinski definition) is 4. The fourth-order valence-corrected chi connectivity index (χ4v) is 4.54. The first-order valence-corrected chi connectivity index (χ1v) is 13.0. The van der Waals surface area contributed by atoms with Crippen molar-refractivity contribution in [3.63, 3.8) is 0 Å². The summed E-state index contributed by atoms with van der Waals surface area (Å²) in [6.45, 7) is 1.06. The predicted octanol–water partition coefficient (Wildman–Crippen LogP) is 0.592. The summed E-state index contributed by atoms with van der Waals surface area (Å²) in [4.78, 5) is 40.0. The van der Waals surface area contributed by atoms with E-state index in [1.165, 1.54) is 17.7 Å².